The Balaban J connectivity index is 1.89. The first-order chi connectivity index (χ1) is 9.81. The summed E-state index contributed by atoms with van der Waals surface area (Å²) >= 11 is 0. The van der Waals surface area contributed by atoms with Crippen molar-refractivity contribution in [1.82, 2.24) is 4.98 Å². The highest BCUT2D eigenvalue weighted by atomic mass is 15.2. The molecule has 1 saturated carbocycles. The second kappa shape index (κ2) is 6.13. The molecule has 0 aromatic carbocycles. The molecule has 3 rings (SSSR count). The number of pyridine rings is 1. The molecular formula is C17H27N3. The number of aryl methyl sites for hydroxylation is 1. The van der Waals surface area contributed by atoms with Crippen molar-refractivity contribution in [3.05, 3.63) is 23.4 Å². The minimum Gasteiger partial charge on any atom is -0.353 e. The fourth-order valence-electron chi connectivity index (χ4n) is 4.02. The Labute approximate surface area is 122 Å². The zero-order valence-electron chi connectivity index (χ0n) is 12.6. The van der Waals surface area contributed by atoms with Crippen molar-refractivity contribution in [3.63, 3.8) is 0 Å². The fourth-order valence-corrected chi connectivity index (χ4v) is 4.02. The highest BCUT2D eigenvalue weighted by Crippen LogP contribution is 2.38. The van der Waals surface area contributed by atoms with Crippen molar-refractivity contribution < 1.29 is 0 Å². The maximum atomic E-state index is 5.87. The van der Waals surface area contributed by atoms with E-state index >= 15 is 0 Å². The van der Waals surface area contributed by atoms with E-state index in [2.05, 4.69) is 24.0 Å². The molecule has 3 heteroatoms. The molecule has 110 valence electrons. The summed E-state index contributed by atoms with van der Waals surface area (Å²) in [5, 5.41) is 0. The number of hydrogen-bond donors (Lipinski definition) is 1. The van der Waals surface area contributed by atoms with Crippen molar-refractivity contribution in [1.29, 1.82) is 0 Å². The van der Waals surface area contributed by atoms with Crippen LogP contribution in [0.3, 0.4) is 0 Å². The Morgan fingerprint density at radius 2 is 2.10 bits per heavy atom. The average molecular weight is 273 g/mol. The normalized spacial score (nSPS) is 25.8. The third-order valence-corrected chi connectivity index (χ3v) is 4.95. The topological polar surface area (TPSA) is 42.1 Å². The number of rotatable bonds is 4. The molecule has 1 saturated heterocycles. The SMILES string of the molecule is CCCc1cc(CN)cc(N2CCCC3CCCC32)n1. The second-order valence-electron chi connectivity index (χ2n) is 6.37. The molecule has 2 heterocycles. The van der Waals surface area contributed by atoms with Gasteiger partial charge in [0.2, 0.25) is 0 Å². The molecule has 2 fully saturated rings. The van der Waals surface area contributed by atoms with Gasteiger partial charge in [0.25, 0.3) is 0 Å². The van der Waals surface area contributed by atoms with Crippen LogP contribution in [0.15, 0.2) is 12.1 Å². The van der Waals surface area contributed by atoms with Crippen molar-refractivity contribution in [2.45, 2.75) is 64.5 Å². The molecule has 1 aliphatic heterocycles. The molecule has 0 spiro atoms. The zero-order valence-corrected chi connectivity index (χ0v) is 12.6. The fraction of sp³-hybridized carbons (Fsp3) is 0.706. The molecule has 1 aliphatic carbocycles. The van der Waals surface area contributed by atoms with Gasteiger partial charge in [-0.15, -0.1) is 0 Å². The van der Waals surface area contributed by atoms with Crippen molar-refractivity contribution >= 4 is 5.82 Å². The van der Waals surface area contributed by atoms with Crippen LogP contribution in [0.1, 0.15) is 56.7 Å². The first-order valence-corrected chi connectivity index (χ1v) is 8.28. The Hall–Kier alpha value is -1.09. The molecule has 2 N–H and O–H groups in total. The smallest absolute Gasteiger partial charge is 0.129 e. The van der Waals surface area contributed by atoms with E-state index in [-0.39, 0.29) is 0 Å². The van der Waals surface area contributed by atoms with Crippen LogP contribution >= 0.6 is 0 Å². The third kappa shape index (κ3) is 2.69. The van der Waals surface area contributed by atoms with Gasteiger partial charge >= 0.3 is 0 Å². The van der Waals surface area contributed by atoms with Gasteiger partial charge in [0.05, 0.1) is 0 Å². The van der Waals surface area contributed by atoms with Crippen LogP contribution in [-0.2, 0) is 13.0 Å². The quantitative estimate of drug-likeness (QED) is 0.915. The summed E-state index contributed by atoms with van der Waals surface area (Å²) in [5.74, 6) is 2.09. The van der Waals surface area contributed by atoms with E-state index in [9.17, 15) is 0 Å². The number of nitrogens with two attached hydrogens (primary N) is 1. The van der Waals surface area contributed by atoms with E-state index in [0.717, 1.165) is 24.8 Å². The average Bonchev–Trinajstić information content (AvgIpc) is 2.95. The van der Waals surface area contributed by atoms with Crippen LogP contribution in [0.25, 0.3) is 0 Å². The monoisotopic (exact) mass is 273 g/mol. The molecule has 1 aromatic heterocycles. The van der Waals surface area contributed by atoms with E-state index in [4.69, 9.17) is 10.7 Å². The van der Waals surface area contributed by atoms with Gasteiger partial charge in [-0.05, 0) is 55.7 Å². The van der Waals surface area contributed by atoms with E-state index in [1.807, 2.05) is 0 Å². The Morgan fingerprint density at radius 1 is 1.25 bits per heavy atom. The van der Waals surface area contributed by atoms with Gasteiger partial charge in [0, 0.05) is 24.8 Å². The minimum atomic E-state index is 0.619. The van der Waals surface area contributed by atoms with Crippen LogP contribution in [0.4, 0.5) is 5.82 Å². The zero-order chi connectivity index (χ0) is 13.9. The lowest BCUT2D eigenvalue weighted by atomic mass is 9.92. The van der Waals surface area contributed by atoms with Gasteiger partial charge < -0.3 is 10.6 Å². The lowest BCUT2D eigenvalue weighted by Crippen LogP contribution is -2.43. The first-order valence-electron chi connectivity index (χ1n) is 8.28. The summed E-state index contributed by atoms with van der Waals surface area (Å²) in [6.07, 6.45) is 9.10. The maximum Gasteiger partial charge on any atom is 0.129 e. The Kier molecular flexibility index (Phi) is 4.25. The van der Waals surface area contributed by atoms with Crippen LogP contribution in [0.5, 0.6) is 0 Å². The molecule has 1 aromatic rings. The van der Waals surface area contributed by atoms with Crippen molar-refractivity contribution in [2.24, 2.45) is 11.7 Å². The molecule has 0 bridgehead atoms. The molecule has 2 unspecified atom stereocenters. The van der Waals surface area contributed by atoms with Crippen LogP contribution < -0.4 is 10.6 Å². The number of piperidine rings is 1. The van der Waals surface area contributed by atoms with Crippen LogP contribution in [0.2, 0.25) is 0 Å². The molecule has 0 radical (unpaired) electrons. The summed E-state index contributed by atoms with van der Waals surface area (Å²) in [7, 11) is 0. The molecular weight excluding hydrogens is 246 g/mol. The van der Waals surface area contributed by atoms with Crippen LogP contribution in [0, 0.1) is 5.92 Å². The van der Waals surface area contributed by atoms with Gasteiger partial charge in [-0.25, -0.2) is 4.98 Å². The van der Waals surface area contributed by atoms with Crippen molar-refractivity contribution in [2.75, 3.05) is 11.4 Å². The van der Waals surface area contributed by atoms with E-state index < -0.39 is 0 Å². The first kappa shape index (κ1) is 13.9. The second-order valence-corrected chi connectivity index (χ2v) is 6.37. The van der Waals surface area contributed by atoms with Crippen molar-refractivity contribution in [3.8, 4) is 0 Å². The summed E-state index contributed by atoms with van der Waals surface area (Å²) in [6.45, 7) is 4.01. The number of nitrogens with zero attached hydrogens (tertiary/aromatic N) is 2. The maximum absolute atomic E-state index is 5.87. The summed E-state index contributed by atoms with van der Waals surface area (Å²) in [5.41, 5.74) is 8.32. The summed E-state index contributed by atoms with van der Waals surface area (Å²) in [6, 6.07) is 5.14. The van der Waals surface area contributed by atoms with Gasteiger partial charge in [0.15, 0.2) is 0 Å². The van der Waals surface area contributed by atoms with Gasteiger partial charge in [-0.3, -0.25) is 0 Å². The lowest BCUT2D eigenvalue weighted by Gasteiger charge is -2.39. The van der Waals surface area contributed by atoms with E-state index in [0.29, 0.717) is 6.54 Å². The highest BCUT2D eigenvalue weighted by Gasteiger charge is 2.35. The molecule has 2 aliphatic rings. The van der Waals surface area contributed by atoms with E-state index in [1.165, 1.54) is 55.7 Å². The number of anilines is 1. The predicted molar refractivity (Wildman–Crippen MR) is 83.8 cm³/mol. The molecule has 0 amide bonds. The van der Waals surface area contributed by atoms with E-state index in [1.54, 1.807) is 0 Å². The highest BCUT2D eigenvalue weighted by molar-refractivity contribution is 5.45. The van der Waals surface area contributed by atoms with Gasteiger partial charge in [-0.1, -0.05) is 19.8 Å². The van der Waals surface area contributed by atoms with Crippen LogP contribution in [-0.4, -0.2) is 17.6 Å². The Bertz CT molecular complexity index is 458. The molecule has 3 nitrogen and oxygen atoms in total. The number of fused-ring (bicyclic) bond motifs is 1. The standard InChI is InChI=1S/C17H27N3/c1-2-5-15-10-13(12-18)11-17(19-15)20-9-4-7-14-6-3-8-16(14)20/h10-11,14,16H,2-9,12,18H2,1H3. The largest absolute Gasteiger partial charge is 0.353 e. The summed E-state index contributed by atoms with van der Waals surface area (Å²) < 4.78 is 0. The van der Waals surface area contributed by atoms with Gasteiger partial charge in [-0.2, -0.15) is 0 Å². The Morgan fingerprint density at radius 3 is 2.90 bits per heavy atom. The van der Waals surface area contributed by atoms with Gasteiger partial charge in [0.1, 0.15) is 5.82 Å². The molecule has 2 atom stereocenters. The number of aromatic nitrogens is 1. The predicted octanol–water partition coefficient (Wildman–Crippen LogP) is 3.26. The lowest BCUT2D eigenvalue weighted by molar-refractivity contribution is 0.360. The number of hydrogen-bond acceptors (Lipinski definition) is 3. The minimum absolute atomic E-state index is 0.619. The molecule has 20 heavy (non-hydrogen) atoms. The summed E-state index contributed by atoms with van der Waals surface area (Å²) in [4.78, 5) is 7.51. The third-order valence-electron chi connectivity index (χ3n) is 4.95.